The molecule has 0 aliphatic heterocycles. The van der Waals surface area contributed by atoms with E-state index in [2.05, 4.69) is 9.97 Å². The SMILES string of the molecule is NC(=O)c1cnc(OCCF)cn1.O=CO. The Morgan fingerprint density at radius 3 is 2.56 bits per heavy atom. The Balaban J connectivity index is 0.000000673. The second kappa shape index (κ2) is 8.09. The van der Waals surface area contributed by atoms with Gasteiger partial charge in [0.1, 0.15) is 19.0 Å². The van der Waals surface area contributed by atoms with Crippen LogP contribution in [0.25, 0.3) is 0 Å². The molecule has 0 atom stereocenters. The molecule has 1 aromatic heterocycles. The third-order valence-electron chi connectivity index (χ3n) is 1.21. The summed E-state index contributed by atoms with van der Waals surface area (Å²) in [7, 11) is 0. The molecule has 7 nitrogen and oxygen atoms in total. The van der Waals surface area contributed by atoms with E-state index in [1.807, 2.05) is 0 Å². The molecule has 0 aliphatic carbocycles. The van der Waals surface area contributed by atoms with Gasteiger partial charge in [0.25, 0.3) is 12.4 Å². The van der Waals surface area contributed by atoms with Crippen LogP contribution < -0.4 is 10.5 Å². The number of hydrogen-bond donors (Lipinski definition) is 2. The number of carboxylic acid groups (broad SMARTS) is 1. The van der Waals surface area contributed by atoms with E-state index in [1.165, 1.54) is 12.4 Å². The first-order valence-corrected chi connectivity index (χ1v) is 4.04. The highest BCUT2D eigenvalue weighted by Crippen LogP contribution is 2.02. The first kappa shape index (κ1) is 13.8. The predicted octanol–water partition coefficient (Wildman–Crippen LogP) is -0.375. The zero-order valence-electron chi connectivity index (χ0n) is 8.17. The molecular formula is C8H10FN3O4. The van der Waals surface area contributed by atoms with Gasteiger partial charge in [0, 0.05) is 0 Å². The molecule has 16 heavy (non-hydrogen) atoms. The highest BCUT2D eigenvalue weighted by atomic mass is 19.1. The van der Waals surface area contributed by atoms with Gasteiger partial charge in [-0.2, -0.15) is 0 Å². The number of halogens is 1. The van der Waals surface area contributed by atoms with Crippen molar-refractivity contribution in [2.24, 2.45) is 5.73 Å². The van der Waals surface area contributed by atoms with E-state index in [-0.39, 0.29) is 24.7 Å². The van der Waals surface area contributed by atoms with E-state index in [0.29, 0.717) is 0 Å². The van der Waals surface area contributed by atoms with Crippen LogP contribution in [0.15, 0.2) is 12.4 Å². The van der Waals surface area contributed by atoms with Crippen LogP contribution in [0.3, 0.4) is 0 Å². The summed E-state index contributed by atoms with van der Waals surface area (Å²) in [4.78, 5) is 26.2. The maximum atomic E-state index is 11.6. The lowest BCUT2D eigenvalue weighted by molar-refractivity contribution is -0.122. The molecule has 1 amide bonds. The standard InChI is InChI=1S/C7H8FN3O2.CH2O2/c8-1-2-13-6-4-10-5(3-11-6)7(9)12;2-1-3/h3-4H,1-2H2,(H2,9,12);1H,(H,2,3). The summed E-state index contributed by atoms with van der Waals surface area (Å²) < 4.78 is 16.4. The number of nitrogens with zero attached hydrogens (tertiary/aromatic N) is 2. The van der Waals surface area contributed by atoms with Gasteiger partial charge in [-0.3, -0.25) is 9.59 Å². The summed E-state index contributed by atoms with van der Waals surface area (Å²) in [5.41, 5.74) is 4.97. The number of ether oxygens (including phenoxy) is 1. The van der Waals surface area contributed by atoms with Crippen LogP contribution in [0.5, 0.6) is 5.88 Å². The minimum atomic E-state index is -0.662. The van der Waals surface area contributed by atoms with Gasteiger partial charge in [0.05, 0.1) is 12.4 Å². The Kier molecular flexibility index (Phi) is 6.95. The molecule has 88 valence electrons. The third kappa shape index (κ3) is 5.47. The fourth-order valence-electron chi connectivity index (χ4n) is 0.661. The van der Waals surface area contributed by atoms with E-state index >= 15 is 0 Å². The zero-order valence-corrected chi connectivity index (χ0v) is 8.17. The maximum absolute atomic E-state index is 11.6. The lowest BCUT2D eigenvalue weighted by Crippen LogP contribution is -2.13. The molecule has 0 aromatic carbocycles. The van der Waals surface area contributed by atoms with Crippen molar-refractivity contribution in [3.05, 3.63) is 18.1 Å². The van der Waals surface area contributed by atoms with Crippen molar-refractivity contribution in [1.82, 2.24) is 9.97 Å². The molecule has 0 aliphatic rings. The van der Waals surface area contributed by atoms with E-state index in [1.54, 1.807) is 0 Å². The van der Waals surface area contributed by atoms with Crippen molar-refractivity contribution in [3.8, 4) is 5.88 Å². The number of rotatable bonds is 4. The van der Waals surface area contributed by atoms with E-state index in [0.717, 1.165) is 0 Å². The summed E-state index contributed by atoms with van der Waals surface area (Å²) in [6.45, 7) is -0.927. The van der Waals surface area contributed by atoms with Crippen molar-refractivity contribution < 1.29 is 23.8 Å². The number of nitrogens with two attached hydrogens (primary N) is 1. The Morgan fingerprint density at radius 1 is 1.56 bits per heavy atom. The molecule has 0 unspecified atom stereocenters. The van der Waals surface area contributed by atoms with Gasteiger partial charge in [-0.05, 0) is 0 Å². The number of alkyl halides is 1. The average Bonchev–Trinajstić information content (AvgIpc) is 2.28. The quantitative estimate of drug-likeness (QED) is 0.682. The molecular weight excluding hydrogens is 221 g/mol. The van der Waals surface area contributed by atoms with Crippen LogP contribution in [0.1, 0.15) is 10.5 Å². The monoisotopic (exact) mass is 231 g/mol. The molecule has 0 fully saturated rings. The Hall–Kier alpha value is -2.25. The van der Waals surface area contributed by atoms with Gasteiger partial charge in [-0.25, -0.2) is 14.4 Å². The van der Waals surface area contributed by atoms with Gasteiger partial charge in [0.15, 0.2) is 0 Å². The van der Waals surface area contributed by atoms with Crippen molar-refractivity contribution >= 4 is 12.4 Å². The molecule has 0 saturated carbocycles. The van der Waals surface area contributed by atoms with E-state index in [9.17, 15) is 9.18 Å². The van der Waals surface area contributed by atoms with Gasteiger partial charge in [-0.1, -0.05) is 0 Å². The Morgan fingerprint density at radius 2 is 2.19 bits per heavy atom. The lowest BCUT2D eigenvalue weighted by Gasteiger charge is -2.00. The molecule has 3 N–H and O–H groups in total. The smallest absolute Gasteiger partial charge is 0.290 e. The number of carbonyl (C=O) groups excluding carboxylic acids is 1. The minimum Gasteiger partial charge on any atom is -0.483 e. The fraction of sp³-hybridized carbons (Fsp3) is 0.250. The van der Waals surface area contributed by atoms with E-state index in [4.69, 9.17) is 20.4 Å². The third-order valence-corrected chi connectivity index (χ3v) is 1.21. The summed E-state index contributed by atoms with van der Waals surface area (Å²) in [5, 5.41) is 6.89. The molecule has 0 bridgehead atoms. The Bertz CT molecular complexity index is 331. The highest BCUT2D eigenvalue weighted by molar-refractivity contribution is 5.90. The second-order valence-electron chi connectivity index (χ2n) is 2.25. The molecule has 0 radical (unpaired) electrons. The minimum absolute atomic E-state index is 0.0487. The van der Waals surface area contributed by atoms with Crippen LogP contribution in [-0.2, 0) is 4.79 Å². The van der Waals surface area contributed by atoms with Gasteiger partial charge in [-0.15, -0.1) is 0 Å². The number of aromatic nitrogens is 2. The Labute approximate surface area is 90.1 Å². The number of carbonyl (C=O) groups is 2. The van der Waals surface area contributed by atoms with Gasteiger partial charge < -0.3 is 15.6 Å². The van der Waals surface area contributed by atoms with Crippen LogP contribution in [0.2, 0.25) is 0 Å². The molecule has 1 rings (SSSR count). The van der Waals surface area contributed by atoms with Gasteiger partial charge in [0.2, 0.25) is 5.88 Å². The number of primary amides is 1. The summed E-state index contributed by atoms with van der Waals surface area (Å²) in [6, 6.07) is 0. The van der Waals surface area contributed by atoms with Crippen molar-refractivity contribution in [3.63, 3.8) is 0 Å². The van der Waals surface area contributed by atoms with Crippen LogP contribution in [0.4, 0.5) is 4.39 Å². The molecule has 1 heterocycles. The average molecular weight is 231 g/mol. The van der Waals surface area contributed by atoms with Crippen LogP contribution in [-0.4, -0.2) is 40.7 Å². The first-order chi connectivity index (χ1) is 7.65. The first-order valence-electron chi connectivity index (χ1n) is 4.04. The van der Waals surface area contributed by atoms with Crippen LogP contribution >= 0.6 is 0 Å². The fourth-order valence-corrected chi connectivity index (χ4v) is 0.661. The summed E-state index contributed by atoms with van der Waals surface area (Å²) >= 11 is 0. The molecule has 1 aromatic rings. The molecule has 8 heteroatoms. The molecule has 0 saturated heterocycles. The zero-order chi connectivity index (χ0) is 12.4. The second-order valence-corrected chi connectivity index (χ2v) is 2.25. The summed E-state index contributed by atoms with van der Waals surface area (Å²) in [5.74, 6) is -0.493. The number of hydrogen-bond acceptors (Lipinski definition) is 5. The van der Waals surface area contributed by atoms with Crippen LogP contribution in [0, 0.1) is 0 Å². The topological polar surface area (TPSA) is 115 Å². The lowest BCUT2D eigenvalue weighted by atomic mass is 10.4. The van der Waals surface area contributed by atoms with E-state index < -0.39 is 12.6 Å². The highest BCUT2D eigenvalue weighted by Gasteiger charge is 2.02. The predicted molar refractivity (Wildman–Crippen MR) is 50.7 cm³/mol. The normalized spacial score (nSPS) is 8.56. The molecule has 0 spiro atoms. The largest absolute Gasteiger partial charge is 0.483 e. The van der Waals surface area contributed by atoms with Gasteiger partial charge >= 0.3 is 0 Å². The maximum Gasteiger partial charge on any atom is 0.290 e. The summed E-state index contributed by atoms with van der Waals surface area (Å²) in [6.07, 6.45) is 2.39. The number of amides is 1. The van der Waals surface area contributed by atoms with Crippen molar-refractivity contribution in [1.29, 1.82) is 0 Å². The van der Waals surface area contributed by atoms with Crippen molar-refractivity contribution in [2.75, 3.05) is 13.3 Å². The van der Waals surface area contributed by atoms with Crippen molar-refractivity contribution in [2.45, 2.75) is 0 Å².